The van der Waals surface area contributed by atoms with Gasteiger partial charge in [0.1, 0.15) is 11.6 Å². The zero-order chi connectivity index (χ0) is 33.4. The molecule has 2 aromatic heterocycles. The van der Waals surface area contributed by atoms with E-state index < -0.39 is 11.4 Å². The number of fused-ring (bicyclic) bond motifs is 8. The van der Waals surface area contributed by atoms with Gasteiger partial charge in [0.25, 0.3) is 0 Å². The maximum atomic E-state index is 13.5. The summed E-state index contributed by atoms with van der Waals surface area (Å²) in [6.07, 6.45) is 13.2. The SMILES string of the molecule is CC1(C)CCC2(C(=O)O)CCC3(C)C(=C(c4ccc(N5CCCC5)nc4)CC4C5(C)Cc6c(N)n[nH]c6C(C)(C)C5CCC43C)C2C1. The Bertz CT molecular complexity index is 1650. The average molecular weight is 640 g/mol. The zero-order valence-corrected chi connectivity index (χ0v) is 29.9. The van der Waals surface area contributed by atoms with Gasteiger partial charge in [0, 0.05) is 36.0 Å². The van der Waals surface area contributed by atoms with Gasteiger partial charge < -0.3 is 15.7 Å². The van der Waals surface area contributed by atoms with E-state index >= 15 is 0 Å². The van der Waals surface area contributed by atoms with E-state index in [9.17, 15) is 9.90 Å². The number of nitrogens with zero attached hydrogens (tertiary/aromatic N) is 3. The number of aromatic nitrogens is 3. The van der Waals surface area contributed by atoms with Gasteiger partial charge in [0.15, 0.2) is 0 Å². The van der Waals surface area contributed by atoms with Crippen LogP contribution in [0, 0.1) is 44.8 Å². The number of nitrogens with two attached hydrogens (primary N) is 1. The summed E-state index contributed by atoms with van der Waals surface area (Å²) in [4.78, 5) is 21.0. The van der Waals surface area contributed by atoms with E-state index in [1.807, 2.05) is 0 Å². The summed E-state index contributed by atoms with van der Waals surface area (Å²) in [6, 6.07) is 4.57. The molecular weight excluding hydrogens is 582 g/mol. The number of rotatable bonds is 3. The Morgan fingerprint density at radius 2 is 1.70 bits per heavy atom. The van der Waals surface area contributed by atoms with Crippen molar-refractivity contribution < 1.29 is 9.90 Å². The second-order valence-electron chi connectivity index (χ2n) is 18.8. The summed E-state index contributed by atoms with van der Waals surface area (Å²) in [5.74, 6) is 2.12. The molecule has 0 spiro atoms. The van der Waals surface area contributed by atoms with Crippen molar-refractivity contribution in [2.24, 2.45) is 44.8 Å². The van der Waals surface area contributed by atoms with Gasteiger partial charge in [-0.1, -0.05) is 54.0 Å². The summed E-state index contributed by atoms with van der Waals surface area (Å²) in [5, 5.41) is 19.0. The summed E-state index contributed by atoms with van der Waals surface area (Å²) in [5.41, 5.74) is 12.5. The lowest BCUT2D eigenvalue weighted by Crippen LogP contribution is -2.65. The molecule has 1 aliphatic heterocycles. The van der Waals surface area contributed by atoms with E-state index in [1.54, 1.807) is 0 Å². The number of nitrogen functional groups attached to an aromatic ring is 1. The number of aromatic amines is 1. The van der Waals surface area contributed by atoms with Gasteiger partial charge in [-0.2, -0.15) is 5.10 Å². The molecule has 8 rings (SSSR count). The van der Waals surface area contributed by atoms with E-state index in [-0.39, 0.29) is 33.0 Å². The number of carboxylic acid groups (broad SMARTS) is 1. The first kappa shape index (κ1) is 31.4. The summed E-state index contributed by atoms with van der Waals surface area (Å²) >= 11 is 0. The van der Waals surface area contributed by atoms with Gasteiger partial charge in [0.2, 0.25) is 0 Å². The van der Waals surface area contributed by atoms with Gasteiger partial charge in [0.05, 0.1) is 5.41 Å². The fraction of sp³-hybridized carbons (Fsp3) is 0.725. The molecule has 7 atom stereocenters. The number of carboxylic acids is 1. The maximum absolute atomic E-state index is 13.5. The van der Waals surface area contributed by atoms with Crippen LogP contribution in [0.1, 0.15) is 129 Å². The number of hydrogen-bond donors (Lipinski definition) is 3. The normalized spacial score (nSPS) is 40.1. The molecule has 3 saturated carbocycles. The lowest BCUT2D eigenvalue weighted by molar-refractivity contribution is -0.175. The molecular formula is C40H57N5O2. The minimum absolute atomic E-state index is 0.0252. The number of carbonyl (C=O) groups is 1. The van der Waals surface area contributed by atoms with Crippen LogP contribution >= 0.6 is 0 Å². The van der Waals surface area contributed by atoms with Crippen LogP contribution in [0.5, 0.6) is 0 Å². The second kappa shape index (κ2) is 9.88. The first-order chi connectivity index (χ1) is 22.1. The third-order valence-electron chi connectivity index (χ3n) is 15.9. The van der Waals surface area contributed by atoms with Gasteiger partial charge >= 0.3 is 5.97 Å². The molecule has 0 aromatic carbocycles. The van der Waals surface area contributed by atoms with Crippen LogP contribution in [0.2, 0.25) is 0 Å². The van der Waals surface area contributed by atoms with Crippen molar-refractivity contribution in [3.63, 3.8) is 0 Å². The highest BCUT2D eigenvalue weighted by atomic mass is 16.4. The highest BCUT2D eigenvalue weighted by Gasteiger charge is 2.70. The molecule has 4 fully saturated rings. The molecule has 7 unspecified atom stereocenters. The number of H-pyrrole nitrogens is 1. The predicted octanol–water partition coefficient (Wildman–Crippen LogP) is 8.41. The van der Waals surface area contributed by atoms with Gasteiger partial charge in [-0.05, 0) is 133 Å². The van der Waals surface area contributed by atoms with E-state index in [2.05, 4.69) is 81.9 Å². The third kappa shape index (κ3) is 4.06. The number of anilines is 2. The quantitative estimate of drug-likeness (QED) is 0.311. The molecule has 0 radical (unpaired) electrons. The van der Waals surface area contributed by atoms with Crippen molar-refractivity contribution >= 4 is 23.2 Å². The fourth-order valence-corrected chi connectivity index (χ4v) is 13.2. The lowest BCUT2D eigenvalue weighted by Gasteiger charge is -2.71. The van der Waals surface area contributed by atoms with Crippen LogP contribution in [0.3, 0.4) is 0 Å². The molecule has 4 N–H and O–H groups in total. The molecule has 6 aliphatic rings. The molecule has 7 nitrogen and oxygen atoms in total. The minimum Gasteiger partial charge on any atom is -0.481 e. The van der Waals surface area contributed by atoms with Crippen LogP contribution in [0.25, 0.3) is 5.57 Å². The Hall–Kier alpha value is -2.83. The first-order valence-electron chi connectivity index (χ1n) is 18.6. The number of pyridine rings is 1. The van der Waals surface area contributed by atoms with Crippen molar-refractivity contribution in [1.82, 2.24) is 15.2 Å². The maximum Gasteiger partial charge on any atom is 0.310 e. The van der Waals surface area contributed by atoms with Gasteiger partial charge in [-0.25, -0.2) is 4.98 Å². The van der Waals surface area contributed by atoms with Gasteiger partial charge in [-0.15, -0.1) is 0 Å². The number of allylic oxidation sites excluding steroid dienone is 2. The molecule has 0 amide bonds. The van der Waals surface area contributed by atoms with Crippen LogP contribution < -0.4 is 10.6 Å². The van der Waals surface area contributed by atoms with E-state index in [4.69, 9.17) is 10.7 Å². The Morgan fingerprint density at radius 3 is 2.38 bits per heavy atom. The zero-order valence-electron chi connectivity index (χ0n) is 29.9. The first-order valence-corrected chi connectivity index (χ1v) is 18.6. The minimum atomic E-state index is -0.685. The number of aliphatic carboxylic acids is 1. The largest absolute Gasteiger partial charge is 0.481 e. The molecule has 0 bridgehead atoms. The molecule has 3 heterocycles. The monoisotopic (exact) mass is 639 g/mol. The highest BCUT2D eigenvalue weighted by Crippen LogP contribution is 2.77. The van der Waals surface area contributed by atoms with Crippen molar-refractivity contribution in [2.75, 3.05) is 23.7 Å². The second-order valence-corrected chi connectivity index (χ2v) is 18.8. The smallest absolute Gasteiger partial charge is 0.310 e. The van der Waals surface area contributed by atoms with Crippen molar-refractivity contribution in [2.45, 2.75) is 125 Å². The predicted molar refractivity (Wildman–Crippen MR) is 188 cm³/mol. The summed E-state index contributed by atoms with van der Waals surface area (Å²) in [6.45, 7) is 19.4. The number of nitrogens with one attached hydrogen (secondary N) is 1. The summed E-state index contributed by atoms with van der Waals surface area (Å²) in [7, 11) is 0. The van der Waals surface area contributed by atoms with E-state index in [0.29, 0.717) is 17.7 Å². The lowest BCUT2D eigenvalue weighted by atomic mass is 9.33. The van der Waals surface area contributed by atoms with Crippen LogP contribution in [0.4, 0.5) is 11.6 Å². The topological polar surface area (TPSA) is 108 Å². The summed E-state index contributed by atoms with van der Waals surface area (Å²) < 4.78 is 0. The Labute approximate surface area is 281 Å². The molecule has 7 heteroatoms. The van der Waals surface area contributed by atoms with Crippen LogP contribution in [-0.4, -0.2) is 39.3 Å². The van der Waals surface area contributed by atoms with Crippen molar-refractivity contribution in [1.29, 1.82) is 0 Å². The molecule has 5 aliphatic carbocycles. The van der Waals surface area contributed by atoms with Gasteiger partial charge in [-0.3, -0.25) is 9.89 Å². The van der Waals surface area contributed by atoms with Crippen LogP contribution in [-0.2, 0) is 16.6 Å². The fourth-order valence-electron chi connectivity index (χ4n) is 13.2. The molecule has 1 saturated heterocycles. The molecule has 254 valence electrons. The standard InChI is InChI=1S/C40H57N5O2/c1-35(2)14-16-40(34(46)47)17-15-39(7)31(27(40)22-35)25(24-10-11-30(42-23-24)45-18-8-9-19-45)20-29-37(5)21-26-32(43-44-33(26)41)36(3,4)28(37)12-13-38(29,39)6/h10-11,23,27-29H,8-9,12-22H2,1-7H3,(H,46,47)(H3,41,43,44). The Balaban J connectivity index is 1.34. The molecule has 2 aromatic rings. The highest BCUT2D eigenvalue weighted by molar-refractivity contribution is 5.80. The Kier molecular flexibility index (Phi) is 6.61. The van der Waals surface area contributed by atoms with E-state index in [0.717, 1.165) is 70.3 Å². The van der Waals surface area contributed by atoms with Crippen LogP contribution in [0.15, 0.2) is 23.9 Å². The Morgan fingerprint density at radius 1 is 0.979 bits per heavy atom. The number of hydrogen-bond acceptors (Lipinski definition) is 5. The molecule has 47 heavy (non-hydrogen) atoms. The van der Waals surface area contributed by atoms with Crippen molar-refractivity contribution in [3.05, 3.63) is 40.7 Å². The average Bonchev–Trinajstić information content (AvgIpc) is 3.68. The third-order valence-corrected chi connectivity index (χ3v) is 15.9. The van der Waals surface area contributed by atoms with E-state index in [1.165, 1.54) is 47.2 Å². The van der Waals surface area contributed by atoms with Crippen molar-refractivity contribution in [3.8, 4) is 0 Å².